The standard InChI is InChI=1S/C15H22N2O3/c1-13(18)11-16-7-9-17(10-8-16)15(19)20-12-14-5-3-2-4-6-14/h2-6,13,18H,7-12H2,1H3. The van der Waals surface area contributed by atoms with Crippen LogP contribution >= 0.6 is 0 Å². The fourth-order valence-electron chi connectivity index (χ4n) is 2.30. The minimum Gasteiger partial charge on any atom is -0.445 e. The number of β-amino-alcohol motifs (C(OH)–C–C–N with tert-alkyl or cyclic N) is 1. The highest BCUT2D eigenvalue weighted by molar-refractivity contribution is 5.67. The number of hydrogen-bond acceptors (Lipinski definition) is 4. The number of piperazine rings is 1. The first-order valence-corrected chi connectivity index (χ1v) is 7.01. The summed E-state index contributed by atoms with van der Waals surface area (Å²) in [5.41, 5.74) is 0.994. The molecule has 0 bridgehead atoms. The quantitative estimate of drug-likeness (QED) is 0.902. The molecule has 1 aliphatic rings. The van der Waals surface area contributed by atoms with Crippen molar-refractivity contribution in [3.63, 3.8) is 0 Å². The molecule has 20 heavy (non-hydrogen) atoms. The van der Waals surface area contributed by atoms with Crippen molar-refractivity contribution in [2.24, 2.45) is 0 Å². The Kier molecular flexibility index (Phi) is 5.38. The Morgan fingerprint density at radius 1 is 1.25 bits per heavy atom. The molecular formula is C15H22N2O3. The highest BCUT2D eigenvalue weighted by Crippen LogP contribution is 2.07. The lowest BCUT2D eigenvalue weighted by molar-refractivity contribution is 0.0571. The molecule has 110 valence electrons. The van der Waals surface area contributed by atoms with Gasteiger partial charge in [-0.3, -0.25) is 4.90 Å². The normalized spacial score (nSPS) is 17.8. The predicted molar refractivity (Wildman–Crippen MR) is 76.3 cm³/mol. The summed E-state index contributed by atoms with van der Waals surface area (Å²) in [5, 5.41) is 9.34. The van der Waals surface area contributed by atoms with E-state index in [1.165, 1.54) is 0 Å². The Morgan fingerprint density at radius 3 is 2.50 bits per heavy atom. The Hall–Kier alpha value is -1.59. The predicted octanol–water partition coefficient (Wildman–Crippen LogP) is 1.32. The van der Waals surface area contributed by atoms with Gasteiger partial charge in [-0.2, -0.15) is 0 Å². The smallest absolute Gasteiger partial charge is 0.410 e. The van der Waals surface area contributed by atoms with Crippen LogP contribution in [0.2, 0.25) is 0 Å². The molecule has 1 aliphatic heterocycles. The van der Waals surface area contributed by atoms with Gasteiger partial charge in [0.25, 0.3) is 0 Å². The lowest BCUT2D eigenvalue weighted by Crippen LogP contribution is -2.50. The number of hydrogen-bond donors (Lipinski definition) is 1. The first-order valence-electron chi connectivity index (χ1n) is 7.01. The molecule has 1 aromatic rings. The largest absolute Gasteiger partial charge is 0.445 e. The second-order valence-corrected chi connectivity index (χ2v) is 5.18. The van der Waals surface area contributed by atoms with E-state index in [1.807, 2.05) is 30.3 Å². The number of nitrogens with zero attached hydrogens (tertiary/aromatic N) is 2. The maximum absolute atomic E-state index is 11.9. The summed E-state index contributed by atoms with van der Waals surface area (Å²) in [6.45, 7) is 5.62. The second-order valence-electron chi connectivity index (χ2n) is 5.18. The van der Waals surface area contributed by atoms with Crippen LogP contribution in [0.25, 0.3) is 0 Å². The highest BCUT2D eigenvalue weighted by Gasteiger charge is 2.22. The summed E-state index contributed by atoms with van der Waals surface area (Å²) in [6.07, 6.45) is -0.586. The Morgan fingerprint density at radius 2 is 1.90 bits per heavy atom. The zero-order chi connectivity index (χ0) is 14.4. The van der Waals surface area contributed by atoms with Crippen LogP contribution in [0.5, 0.6) is 0 Å². The number of aliphatic hydroxyl groups excluding tert-OH is 1. The summed E-state index contributed by atoms with van der Waals surface area (Å²) in [6, 6.07) is 9.67. The molecule has 2 rings (SSSR count). The monoisotopic (exact) mass is 278 g/mol. The summed E-state index contributed by atoms with van der Waals surface area (Å²) in [7, 11) is 0. The molecule has 0 aliphatic carbocycles. The molecule has 0 radical (unpaired) electrons. The molecule has 1 heterocycles. The van der Waals surface area contributed by atoms with Crippen molar-refractivity contribution in [3.8, 4) is 0 Å². The van der Waals surface area contributed by atoms with Gasteiger partial charge in [0.1, 0.15) is 6.61 Å². The number of aliphatic hydroxyl groups is 1. The van der Waals surface area contributed by atoms with Gasteiger partial charge in [-0.05, 0) is 12.5 Å². The summed E-state index contributed by atoms with van der Waals surface area (Å²) in [4.78, 5) is 15.8. The fraction of sp³-hybridized carbons (Fsp3) is 0.533. The van der Waals surface area contributed by atoms with Gasteiger partial charge in [-0.15, -0.1) is 0 Å². The van der Waals surface area contributed by atoms with E-state index in [9.17, 15) is 9.90 Å². The molecule has 1 unspecified atom stereocenters. The molecule has 5 heteroatoms. The van der Waals surface area contributed by atoms with Crippen molar-refractivity contribution in [2.45, 2.75) is 19.6 Å². The van der Waals surface area contributed by atoms with E-state index >= 15 is 0 Å². The zero-order valence-electron chi connectivity index (χ0n) is 11.9. The van der Waals surface area contributed by atoms with Gasteiger partial charge >= 0.3 is 6.09 Å². The van der Waals surface area contributed by atoms with E-state index in [0.29, 0.717) is 26.2 Å². The van der Waals surface area contributed by atoms with Gasteiger partial charge in [0.05, 0.1) is 6.10 Å². The number of amides is 1. The van der Waals surface area contributed by atoms with Crippen molar-refractivity contribution in [3.05, 3.63) is 35.9 Å². The van der Waals surface area contributed by atoms with Crippen LogP contribution in [-0.2, 0) is 11.3 Å². The molecule has 5 nitrogen and oxygen atoms in total. The van der Waals surface area contributed by atoms with Gasteiger partial charge < -0.3 is 14.7 Å². The molecule has 1 atom stereocenters. The van der Waals surface area contributed by atoms with E-state index < -0.39 is 0 Å². The molecule has 0 saturated carbocycles. The average Bonchev–Trinajstić information content (AvgIpc) is 2.46. The topological polar surface area (TPSA) is 53.0 Å². The van der Waals surface area contributed by atoms with E-state index in [0.717, 1.165) is 18.7 Å². The summed E-state index contributed by atoms with van der Waals surface area (Å²) < 4.78 is 5.30. The summed E-state index contributed by atoms with van der Waals surface area (Å²) in [5.74, 6) is 0. The zero-order valence-corrected chi connectivity index (χ0v) is 11.9. The number of rotatable bonds is 4. The van der Waals surface area contributed by atoms with Gasteiger partial charge in [0.15, 0.2) is 0 Å². The van der Waals surface area contributed by atoms with Gasteiger partial charge in [-0.1, -0.05) is 30.3 Å². The van der Waals surface area contributed by atoms with Crippen LogP contribution in [-0.4, -0.2) is 59.8 Å². The average molecular weight is 278 g/mol. The van der Waals surface area contributed by atoms with E-state index in [4.69, 9.17) is 4.74 Å². The Balaban J connectivity index is 1.72. The van der Waals surface area contributed by atoms with Crippen molar-refractivity contribution in [2.75, 3.05) is 32.7 Å². The van der Waals surface area contributed by atoms with E-state index in [2.05, 4.69) is 4.90 Å². The highest BCUT2D eigenvalue weighted by atomic mass is 16.6. The van der Waals surface area contributed by atoms with E-state index in [-0.39, 0.29) is 12.2 Å². The van der Waals surface area contributed by atoms with Crippen molar-refractivity contribution in [1.29, 1.82) is 0 Å². The number of benzene rings is 1. The fourth-order valence-corrected chi connectivity index (χ4v) is 2.30. The maximum atomic E-state index is 11.9. The van der Waals surface area contributed by atoms with Gasteiger partial charge in [0.2, 0.25) is 0 Å². The molecule has 1 aromatic carbocycles. The van der Waals surface area contributed by atoms with Crippen LogP contribution in [0, 0.1) is 0 Å². The molecular weight excluding hydrogens is 256 g/mol. The van der Waals surface area contributed by atoms with Gasteiger partial charge in [-0.25, -0.2) is 4.79 Å². The lowest BCUT2D eigenvalue weighted by Gasteiger charge is -2.34. The third kappa shape index (κ3) is 4.51. The number of carbonyl (C=O) groups excluding carboxylic acids is 1. The maximum Gasteiger partial charge on any atom is 0.410 e. The van der Waals surface area contributed by atoms with Crippen molar-refractivity contribution >= 4 is 6.09 Å². The van der Waals surface area contributed by atoms with Gasteiger partial charge in [0, 0.05) is 32.7 Å². The third-order valence-electron chi connectivity index (χ3n) is 3.36. The molecule has 1 fully saturated rings. The molecule has 1 N–H and O–H groups in total. The van der Waals surface area contributed by atoms with Crippen molar-refractivity contribution in [1.82, 2.24) is 9.80 Å². The minimum atomic E-state index is -0.327. The molecule has 0 aromatic heterocycles. The van der Waals surface area contributed by atoms with E-state index in [1.54, 1.807) is 11.8 Å². The number of ether oxygens (including phenoxy) is 1. The van der Waals surface area contributed by atoms with Crippen LogP contribution in [0.1, 0.15) is 12.5 Å². The molecule has 0 spiro atoms. The van der Waals surface area contributed by atoms with Crippen LogP contribution in [0.4, 0.5) is 4.79 Å². The third-order valence-corrected chi connectivity index (χ3v) is 3.36. The number of carbonyl (C=O) groups is 1. The Bertz CT molecular complexity index is 414. The summed E-state index contributed by atoms with van der Waals surface area (Å²) >= 11 is 0. The van der Waals surface area contributed by atoms with Crippen molar-refractivity contribution < 1.29 is 14.6 Å². The van der Waals surface area contributed by atoms with Crippen LogP contribution in [0.3, 0.4) is 0 Å². The van der Waals surface area contributed by atoms with Crippen LogP contribution < -0.4 is 0 Å². The first-order chi connectivity index (χ1) is 9.65. The molecule has 1 amide bonds. The Labute approximate surface area is 119 Å². The first kappa shape index (κ1) is 14.8. The molecule has 1 saturated heterocycles. The lowest BCUT2D eigenvalue weighted by atomic mass is 10.2. The van der Waals surface area contributed by atoms with Crippen LogP contribution in [0.15, 0.2) is 30.3 Å². The SMILES string of the molecule is CC(O)CN1CCN(C(=O)OCc2ccccc2)CC1. The second kappa shape index (κ2) is 7.26. The minimum absolute atomic E-state index is 0.259.